The number of amides is 1. The number of fused-ring (bicyclic) bond motifs is 1. The van der Waals surface area contributed by atoms with Gasteiger partial charge in [-0.2, -0.15) is 0 Å². The first-order valence-corrected chi connectivity index (χ1v) is 8.51. The van der Waals surface area contributed by atoms with Crippen molar-refractivity contribution in [1.29, 1.82) is 0 Å². The molecule has 0 spiro atoms. The summed E-state index contributed by atoms with van der Waals surface area (Å²) < 4.78 is 5.75. The molecule has 126 valence electrons. The Kier molecular flexibility index (Phi) is 4.61. The molecule has 2 aromatic carbocycles. The Morgan fingerprint density at radius 2 is 1.83 bits per heavy atom. The number of carbonyl (C=O) groups excluding carboxylic acids is 1. The summed E-state index contributed by atoms with van der Waals surface area (Å²) in [6, 6.07) is 16.3. The number of carbonyl (C=O) groups is 1. The van der Waals surface area contributed by atoms with Gasteiger partial charge in [-0.3, -0.25) is 4.79 Å². The number of hydrogen-bond donors (Lipinski definition) is 0. The highest BCUT2D eigenvalue weighted by atomic mass is 16.5. The molecule has 1 aliphatic rings. The molecule has 0 fully saturated rings. The van der Waals surface area contributed by atoms with E-state index in [4.69, 9.17) is 4.74 Å². The highest BCUT2D eigenvalue weighted by molar-refractivity contribution is 5.78. The maximum Gasteiger partial charge on any atom is 0.260 e. The lowest BCUT2D eigenvalue weighted by molar-refractivity contribution is -0.134. The summed E-state index contributed by atoms with van der Waals surface area (Å²) in [6.45, 7) is 8.05. The van der Waals surface area contributed by atoms with Crippen molar-refractivity contribution in [2.45, 2.75) is 39.2 Å². The molecule has 1 amide bonds. The van der Waals surface area contributed by atoms with Crippen LogP contribution < -0.4 is 4.74 Å². The molecule has 0 bridgehead atoms. The summed E-state index contributed by atoms with van der Waals surface area (Å²) in [4.78, 5) is 14.3. The Morgan fingerprint density at radius 3 is 2.58 bits per heavy atom. The SMILES string of the molecule is CC(C)(C)c1cccc(OCC(=O)N2CCc3ccccc3C2)c1. The van der Waals surface area contributed by atoms with E-state index < -0.39 is 0 Å². The zero-order valence-corrected chi connectivity index (χ0v) is 14.7. The molecular weight excluding hydrogens is 298 g/mol. The lowest BCUT2D eigenvalue weighted by Gasteiger charge is -2.28. The summed E-state index contributed by atoms with van der Waals surface area (Å²) >= 11 is 0. The van der Waals surface area contributed by atoms with Crippen molar-refractivity contribution >= 4 is 5.91 Å². The van der Waals surface area contributed by atoms with E-state index in [2.05, 4.69) is 45.0 Å². The van der Waals surface area contributed by atoms with Crippen molar-refractivity contribution < 1.29 is 9.53 Å². The predicted octanol–water partition coefficient (Wildman–Crippen LogP) is 3.95. The first-order chi connectivity index (χ1) is 11.4. The van der Waals surface area contributed by atoms with Gasteiger partial charge < -0.3 is 9.64 Å². The van der Waals surface area contributed by atoms with Crippen molar-refractivity contribution in [2.24, 2.45) is 0 Å². The molecular formula is C21H25NO2. The van der Waals surface area contributed by atoms with E-state index in [1.165, 1.54) is 16.7 Å². The molecule has 0 radical (unpaired) electrons. The topological polar surface area (TPSA) is 29.5 Å². The van der Waals surface area contributed by atoms with Crippen LogP contribution in [-0.4, -0.2) is 24.0 Å². The van der Waals surface area contributed by atoms with Crippen LogP contribution in [0.4, 0.5) is 0 Å². The van der Waals surface area contributed by atoms with Crippen LogP contribution in [0.3, 0.4) is 0 Å². The molecule has 0 aromatic heterocycles. The molecule has 0 atom stereocenters. The lowest BCUT2D eigenvalue weighted by Crippen LogP contribution is -2.38. The van der Waals surface area contributed by atoms with Gasteiger partial charge in [0.15, 0.2) is 6.61 Å². The number of hydrogen-bond acceptors (Lipinski definition) is 2. The predicted molar refractivity (Wildman–Crippen MR) is 96.2 cm³/mol. The van der Waals surface area contributed by atoms with Gasteiger partial charge in [0.1, 0.15) is 5.75 Å². The van der Waals surface area contributed by atoms with Gasteiger partial charge in [0.2, 0.25) is 0 Å². The molecule has 0 N–H and O–H groups in total. The zero-order valence-electron chi connectivity index (χ0n) is 14.7. The van der Waals surface area contributed by atoms with Gasteiger partial charge in [-0.15, -0.1) is 0 Å². The van der Waals surface area contributed by atoms with E-state index in [0.29, 0.717) is 6.54 Å². The quantitative estimate of drug-likeness (QED) is 0.856. The van der Waals surface area contributed by atoms with Crippen LogP contribution in [0.2, 0.25) is 0 Å². The van der Waals surface area contributed by atoms with Gasteiger partial charge in [-0.05, 0) is 40.7 Å². The largest absolute Gasteiger partial charge is 0.484 e. The minimum Gasteiger partial charge on any atom is -0.484 e. The highest BCUT2D eigenvalue weighted by Gasteiger charge is 2.21. The Labute approximate surface area is 144 Å². The second-order valence-electron chi connectivity index (χ2n) is 7.40. The van der Waals surface area contributed by atoms with E-state index in [-0.39, 0.29) is 17.9 Å². The van der Waals surface area contributed by atoms with E-state index in [1.807, 2.05) is 29.2 Å². The fraction of sp³-hybridized carbons (Fsp3) is 0.381. The average molecular weight is 323 g/mol. The van der Waals surface area contributed by atoms with Gasteiger partial charge >= 0.3 is 0 Å². The maximum absolute atomic E-state index is 12.5. The summed E-state index contributed by atoms with van der Waals surface area (Å²) in [5.74, 6) is 0.804. The maximum atomic E-state index is 12.5. The Balaban J connectivity index is 1.61. The average Bonchev–Trinajstić information content (AvgIpc) is 2.59. The van der Waals surface area contributed by atoms with Crippen LogP contribution in [0.15, 0.2) is 48.5 Å². The molecule has 1 heterocycles. The van der Waals surface area contributed by atoms with Crippen molar-refractivity contribution in [3.8, 4) is 5.75 Å². The van der Waals surface area contributed by atoms with Crippen molar-refractivity contribution in [2.75, 3.05) is 13.2 Å². The van der Waals surface area contributed by atoms with Crippen molar-refractivity contribution in [3.05, 3.63) is 65.2 Å². The van der Waals surface area contributed by atoms with E-state index in [1.54, 1.807) is 0 Å². The molecule has 2 aromatic rings. The fourth-order valence-electron chi connectivity index (χ4n) is 3.00. The monoisotopic (exact) mass is 323 g/mol. The standard InChI is InChI=1S/C21H25NO2/c1-21(2,3)18-9-6-10-19(13-18)24-15-20(23)22-12-11-16-7-4-5-8-17(16)14-22/h4-10,13H,11-12,14-15H2,1-3H3. The number of ether oxygens (including phenoxy) is 1. The third kappa shape index (κ3) is 3.78. The van der Waals surface area contributed by atoms with Crippen LogP contribution in [0.1, 0.15) is 37.5 Å². The van der Waals surface area contributed by atoms with Crippen LogP contribution in [0, 0.1) is 0 Å². The van der Waals surface area contributed by atoms with Crippen LogP contribution in [0.25, 0.3) is 0 Å². The summed E-state index contributed by atoms with van der Waals surface area (Å²) in [5, 5.41) is 0. The van der Waals surface area contributed by atoms with E-state index in [9.17, 15) is 4.79 Å². The summed E-state index contributed by atoms with van der Waals surface area (Å²) in [5.41, 5.74) is 3.87. The van der Waals surface area contributed by atoms with E-state index in [0.717, 1.165) is 18.7 Å². The molecule has 0 saturated carbocycles. The minimum atomic E-state index is 0.0469. The van der Waals surface area contributed by atoms with Crippen molar-refractivity contribution in [3.63, 3.8) is 0 Å². The van der Waals surface area contributed by atoms with Gasteiger partial charge in [0, 0.05) is 13.1 Å². The number of rotatable bonds is 3. The molecule has 3 heteroatoms. The molecule has 0 aliphatic carbocycles. The Bertz CT molecular complexity index is 731. The minimum absolute atomic E-state index is 0.0469. The smallest absolute Gasteiger partial charge is 0.260 e. The second kappa shape index (κ2) is 6.68. The molecule has 1 aliphatic heterocycles. The van der Waals surface area contributed by atoms with E-state index >= 15 is 0 Å². The molecule has 3 rings (SSSR count). The fourth-order valence-corrected chi connectivity index (χ4v) is 3.00. The van der Waals surface area contributed by atoms with Gasteiger partial charge in [0.05, 0.1) is 0 Å². The first kappa shape index (κ1) is 16.6. The Hall–Kier alpha value is -2.29. The van der Waals surface area contributed by atoms with Crippen LogP contribution >= 0.6 is 0 Å². The summed E-state index contributed by atoms with van der Waals surface area (Å²) in [6.07, 6.45) is 0.918. The molecule has 3 nitrogen and oxygen atoms in total. The molecule has 0 saturated heterocycles. The Morgan fingerprint density at radius 1 is 1.08 bits per heavy atom. The summed E-state index contributed by atoms with van der Waals surface area (Å²) in [7, 11) is 0. The van der Waals surface area contributed by atoms with Crippen LogP contribution in [0.5, 0.6) is 5.75 Å². The number of benzene rings is 2. The van der Waals surface area contributed by atoms with Gasteiger partial charge in [0.25, 0.3) is 5.91 Å². The van der Waals surface area contributed by atoms with Crippen molar-refractivity contribution in [1.82, 2.24) is 4.90 Å². The second-order valence-corrected chi connectivity index (χ2v) is 7.40. The van der Waals surface area contributed by atoms with Gasteiger partial charge in [-0.1, -0.05) is 57.2 Å². The normalized spacial score (nSPS) is 14.2. The third-order valence-electron chi connectivity index (χ3n) is 4.55. The molecule has 0 unspecified atom stereocenters. The van der Waals surface area contributed by atoms with Gasteiger partial charge in [-0.25, -0.2) is 0 Å². The lowest BCUT2D eigenvalue weighted by atomic mass is 9.87. The molecule has 24 heavy (non-hydrogen) atoms. The highest BCUT2D eigenvalue weighted by Crippen LogP contribution is 2.25. The number of nitrogens with zero attached hydrogens (tertiary/aromatic N) is 1. The first-order valence-electron chi connectivity index (χ1n) is 8.51. The zero-order chi connectivity index (χ0) is 17.2. The third-order valence-corrected chi connectivity index (χ3v) is 4.55. The van der Waals surface area contributed by atoms with Crippen LogP contribution in [-0.2, 0) is 23.2 Å².